The van der Waals surface area contributed by atoms with Gasteiger partial charge in [0.1, 0.15) is 18.5 Å². The lowest BCUT2D eigenvalue weighted by atomic mass is 9.98. The Morgan fingerprint density at radius 3 is 2.44 bits per heavy atom. The second-order valence-electron chi connectivity index (χ2n) is 6.73. The van der Waals surface area contributed by atoms with E-state index >= 15 is 0 Å². The van der Waals surface area contributed by atoms with Crippen molar-refractivity contribution < 1.29 is 23.7 Å². The first-order valence-corrected chi connectivity index (χ1v) is 9.44. The van der Waals surface area contributed by atoms with Crippen LogP contribution >= 0.6 is 0 Å². The average Bonchev–Trinajstić information content (AvgIpc) is 2.67. The van der Waals surface area contributed by atoms with Crippen molar-refractivity contribution in [2.75, 3.05) is 19.8 Å². The third-order valence-electron chi connectivity index (χ3n) is 4.67. The molecular weight excluding hydrogens is 320 g/mol. The van der Waals surface area contributed by atoms with Crippen LogP contribution in [0.4, 0.5) is 0 Å². The highest BCUT2D eigenvalue weighted by Crippen LogP contribution is 2.21. The van der Waals surface area contributed by atoms with Crippen molar-refractivity contribution in [2.45, 2.75) is 63.8 Å². The van der Waals surface area contributed by atoms with Gasteiger partial charge < -0.3 is 18.9 Å². The molecule has 5 heteroatoms. The van der Waals surface area contributed by atoms with E-state index in [4.69, 9.17) is 18.9 Å². The fourth-order valence-electron chi connectivity index (χ4n) is 3.22. The fourth-order valence-corrected chi connectivity index (χ4v) is 3.22. The third kappa shape index (κ3) is 6.33. The Labute approximate surface area is 149 Å². The van der Waals surface area contributed by atoms with Gasteiger partial charge in [-0.25, -0.2) is 0 Å². The monoisotopic (exact) mass is 348 g/mol. The summed E-state index contributed by atoms with van der Waals surface area (Å²) in [6.07, 6.45) is 7.59. The number of rotatable bonds is 7. The number of carbonyl (C=O) groups is 1. The molecule has 0 atom stereocenters. The standard InChI is InChI=1S/C20H28O5/c21-19(25-18-5-2-1-3-6-18)12-9-16-7-10-17(11-8-16)24-15-20-22-13-4-14-23-20/h7-8,10-11,18,20H,1-6,9,12-15H2. The summed E-state index contributed by atoms with van der Waals surface area (Å²) in [5.74, 6) is 0.699. The quantitative estimate of drug-likeness (QED) is 0.704. The molecule has 0 amide bonds. The summed E-state index contributed by atoms with van der Waals surface area (Å²) < 4.78 is 22.1. The van der Waals surface area contributed by atoms with Crippen LogP contribution in [0.1, 0.15) is 50.5 Å². The first-order valence-electron chi connectivity index (χ1n) is 9.44. The van der Waals surface area contributed by atoms with Gasteiger partial charge in [-0.15, -0.1) is 0 Å². The lowest BCUT2D eigenvalue weighted by molar-refractivity contribution is -0.191. The van der Waals surface area contributed by atoms with E-state index in [-0.39, 0.29) is 18.4 Å². The van der Waals surface area contributed by atoms with Crippen molar-refractivity contribution >= 4 is 5.97 Å². The maximum absolute atomic E-state index is 12.0. The highest BCUT2D eigenvalue weighted by atomic mass is 16.7. The van der Waals surface area contributed by atoms with Gasteiger partial charge in [-0.05, 0) is 56.2 Å². The molecule has 0 unspecified atom stereocenters. The molecule has 0 aromatic heterocycles. The molecule has 2 aliphatic rings. The molecule has 2 fully saturated rings. The van der Waals surface area contributed by atoms with E-state index in [1.165, 1.54) is 19.3 Å². The Kier molecular flexibility index (Phi) is 7.12. The summed E-state index contributed by atoms with van der Waals surface area (Å²) in [5, 5.41) is 0. The zero-order valence-corrected chi connectivity index (χ0v) is 14.8. The van der Waals surface area contributed by atoms with Gasteiger partial charge in [-0.1, -0.05) is 18.6 Å². The molecule has 5 nitrogen and oxygen atoms in total. The van der Waals surface area contributed by atoms with E-state index in [1.807, 2.05) is 24.3 Å². The summed E-state index contributed by atoms with van der Waals surface area (Å²) in [5.41, 5.74) is 1.11. The van der Waals surface area contributed by atoms with Gasteiger partial charge in [0.05, 0.1) is 13.2 Å². The van der Waals surface area contributed by atoms with E-state index in [2.05, 4.69) is 0 Å². The molecule has 0 spiro atoms. The van der Waals surface area contributed by atoms with Crippen molar-refractivity contribution in [1.82, 2.24) is 0 Å². The van der Waals surface area contributed by atoms with Gasteiger partial charge in [0, 0.05) is 6.42 Å². The van der Waals surface area contributed by atoms with Gasteiger partial charge in [-0.3, -0.25) is 4.79 Å². The predicted octanol–water partition coefficient (Wildman–Crippen LogP) is 3.64. The molecule has 3 rings (SSSR count). The number of aryl methyl sites for hydroxylation is 1. The lowest BCUT2D eigenvalue weighted by Gasteiger charge is -2.23. The number of benzene rings is 1. The van der Waals surface area contributed by atoms with Crippen molar-refractivity contribution in [3.05, 3.63) is 29.8 Å². The highest BCUT2D eigenvalue weighted by molar-refractivity contribution is 5.70. The minimum Gasteiger partial charge on any atom is -0.488 e. The van der Waals surface area contributed by atoms with E-state index in [9.17, 15) is 4.79 Å². The Hall–Kier alpha value is -1.59. The zero-order chi connectivity index (χ0) is 17.3. The van der Waals surface area contributed by atoms with Crippen molar-refractivity contribution in [2.24, 2.45) is 0 Å². The van der Waals surface area contributed by atoms with Gasteiger partial charge in [-0.2, -0.15) is 0 Å². The minimum atomic E-state index is -0.275. The van der Waals surface area contributed by atoms with Gasteiger partial charge >= 0.3 is 5.97 Å². The summed E-state index contributed by atoms with van der Waals surface area (Å²) in [4.78, 5) is 12.0. The minimum absolute atomic E-state index is 0.0844. The van der Waals surface area contributed by atoms with E-state index < -0.39 is 0 Å². The zero-order valence-electron chi connectivity index (χ0n) is 14.8. The predicted molar refractivity (Wildman–Crippen MR) is 93.5 cm³/mol. The maximum Gasteiger partial charge on any atom is 0.306 e. The molecule has 1 aromatic carbocycles. The van der Waals surface area contributed by atoms with Gasteiger partial charge in [0.15, 0.2) is 6.29 Å². The second-order valence-corrected chi connectivity index (χ2v) is 6.73. The molecule has 0 radical (unpaired) electrons. The highest BCUT2D eigenvalue weighted by Gasteiger charge is 2.17. The Bertz CT molecular complexity index is 515. The molecule has 1 aliphatic carbocycles. The summed E-state index contributed by atoms with van der Waals surface area (Å²) in [6.45, 7) is 1.85. The fraction of sp³-hybridized carbons (Fsp3) is 0.650. The van der Waals surface area contributed by atoms with Crippen LogP contribution in [0.25, 0.3) is 0 Å². The molecule has 0 bridgehead atoms. The van der Waals surface area contributed by atoms with Crippen LogP contribution in [-0.2, 0) is 25.4 Å². The van der Waals surface area contributed by atoms with Crippen molar-refractivity contribution in [1.29, 1.82) is 0 Å². The summed E-state index contributed by atoms with van der Waals surface area (Å²) in [6, 6.07) is 7.83. The summed E-state index contributed by atoms with van der Waals surface area (Å²) >= 11 is 0. The van der Waals surface area contributed by atoms with Crippen LogP contribution in [0.3, 0.4) is 0 Å². The topological polar surface area (TPSA) is 54.0 Å². The number of esters is 1. The molecule has 1 saturated carbocycles. The number of ether oxygens (including phenoxy) is 4. The summed E-state index contributed by atoms with van der Waals surface area (Å²) in [7, 11) is 0. The smallest absolute Gasteiger partial charge is 0.306 e. The number of hydrogen-bond donors (Lipinski definition) is 0. The molecule has 0 N–H and O–H groups in total. The Balaban J connectivity index is 1.36. The largest absolute Gasteiger partial charge is 0.488 e. The van der Waals surface area contributed by atoms with E-state index in [1.54, 1.807) is 0 Å². The molecule has 1 saturated heterocycles. The molecule has 1 heterocycles. The van der Waals surface area contributed by atoms with Crippen LogP contribution in [0.15, 0.2) is 24.3 Å². The first kappa shape index (κ1) is 18.2. The maximum atomic E-state index is 12.0. The number of carbonyl (C=O) groups excluding carboxylic acids is 1. The van der Waals surface area contributed by atoms with E-state index in [0.29, 0.717) is 19.4 Å². The molecule has 1 aliphatic heterocycles. The molecule has 138 valence electrons. The van der Waals surface area contributed by atoms with Crippen LogP contribution in [0.2, 0.25) is 0 Å². The Morgan fingerprint density at radius 2 is 1.72 bits per heavy atom. The van der Waals surface area contributed by atoms with E-state index in [0.717, 1.165) is 43.8 Å². The van der Waals surface area contributed by atoms with Crippen LogP contribution in [0, 0.1) is 0 Å². The van der Waals surface area contributed by atoms with Gasteiger partial charge in [0.25, 0.3) is 0 Å². The van der Waals surface area contributed by atoms with Gasteiger partial charge in [0.2, 0.25) is 0 Å². The molecule has 1 aromatic rings. The Morgan fingerprint density at radius 1 is 1.00 bits per heavy atom. The molecular formula is C20H28O5. The van der Waals surface area contributed by atoms with Crippen LogP contribution in [-0.4, -0.2) is 38.2 Å². The normalized spacial score (nSPS) is 19.5. The van der Waals surface area contributed by atoms with Crippen LogP contribution in [0.5, 0.6) is 5.75 Å². The lowest BCUT2D eigenvalue weighted by Crippen LogP contribution is -2.30. The van der Waals surface area contributed by atoms with Crippen molar-refractivity contribution in [3.8, 4) is 5.75 Å². The molecule has 25 heavy (non-hydrogen) atoms. The SMILES string of the molecule is O=C(CCc1ccc(OCC2OCCCO2)cc1)OC1CCCCC1. The number of hydrogen-bond acceptors (Lipinski definition) is 5. The average molecular weight is 348 g/mol. The third-order valence-corrected chi connectivity index (χ3v) is 4.67. The first-order chi connectivity index (χ1) is 12.3. The van der Waals surface area contributed by atoms with Crippen molar-refractivity contribution in [3.63, 3.8) is 0 Å². The van der Waals surface area contributed by atoms with Crippen LogP contribution < -0.4 is 4.74 Å². The second kappa shape index (κ2) is 9.78.